The summed E-state index contributed by atoms with van der Waals surface area (Å²) in [6.45, 7) is 4.46. The van der Waals surface area contributed by atoms with Crippen molar-refractivity contribution in [1.82, 2.24) is 30.3 Å². The number of hydrogen-bond acceptors (Lipinski definition) is 5. The first-order chi connectivity index (χ1) is 13.2. The zero-order chi connectivity index (χ0) is 19.1. The first-order valence-corrected chi connectivity index (χ1v) is 9.40. The molecule has 0 radical (unpaired) electrons. The second-order valence-corrected chi connectivity index (χ2v) is 6.70. The Morgan fingerprint density at radius 1 is 1.30 bits per heavy atom. The average Bonchev–Trinajstić information content (AvgIpc) is 3.11. The fraction of sp³-hybridized carbons (Fsp3) is 0.500. The molecule has 9 heteroatoms. The molecule has 27 heavy (non-hydrogen) atoms. The predicted molar refractivity (Wildman–Crippen MR) is 106 cm³/mol. The highest BCUT2D eigenvalue weighted by Crippen LogP contribution is 2.27. The Kier molecular flexibility index (Phi) is 7.03. The zero-order valence-electron chi connectivity index (χ0n) is 15.7. The summed E-state index contributed by atoms with van der Waals surface area (Å²) in [6.07, 6.45) is 1.54. The van der Waals surface area contributed by atoms with E-state index in [0.29, 0.717) is 19.0 Å². The lowest BCUT2D eigenvalue weighted by molar-refractivity contribution is 0.0170. The van der Waals surface area contributed by atoms with Crippen LogP contribution in [-0.4, -0.2) is 65.5 Å². The molecule has 1 aliphatic heterocycles. The van der Waals surface area contributed by atoms with Crippen molar-refractivity contribution in [3.8, 4) is 0 Å². The van der Waals surface area contributed by atoms with Crippen LogP contribution in [0.4, 0.5) is 0 Å². The van der Waals surface area contributed by atoms with Gasteiger partial charge in [0.15, 0.2) is 5.96 Å². The number of ether oxygens (including phenoxy) is 1. The fourth-order valence-electron chi connectivity index (χ4n) is 3.13. The van der Waals surface area contributed by atoms with Crippen LogP contribution in [0, 0.1) is 0 Å². The van der Waals surface area contributed by atoms with Crippen molar-refractivity contribution < 1.29 is 4.74 Å². The van der Waals surface area contributed by atoms with Crippen molar-refractivity contribution in [2.45, 2.75) is 12.6 Å². The summed E-state index contributed by atoms with van der Waals surface area (Å²) in [4.78, 5) is 10.9. The Hall–Kier alpha value is -2.16. The number of benzene rings is 1. The Morgan fingerprint density at radius 3 is 2.74 bits per heavy atom. The number of halogens is 1. The van der Waals surface area contributed by atoms with Gasteiger partial charge in [-0.2, -0.15) is 5.10 Å². The van der Waals surface area contributed by atoms with Gasteiger partial charge in [-0.15, -0.1) is 0 Å². The third-order valence-electron chi connectivity index (χ3n) is 4.66. The van der Waals surface area contributed by atoms with Crippen LogP contribution in [0.25, 0.3) is 0 Å². The lowest BCUT2D eigenvalue weighted by Gasteiger charge is -2.35. The van der Waals surface area contributed by atoms with Crippen molar-refractivity contribution in [1.29, 1.82) is 0 Å². The van der Waals surface area contributed by atoms with Crippen molar-refractivity contribution in [3.05, 3.63) is 47.0 Å². The molecule has 1 unspecified atom stereocenters. The second kappa shape index (κ2) is 9.68. The molecule has 2 aromatic rings. The summed E-state index contributed by atoms with van der Waals surface area (Å²) in [5.41, 5.74) is 1.11. The van der Waals surface area contributed by atoms with E-state index in [2.05, 4.69) is 36.7 Å². The minimum atomic E-state index is 0.135. The van der Waals surface area contributed by atoms with E-state index in [-0.39, 0.29) is 6.04 Å². The van der Waals surface area contributed by atoms with Gasteiger partial charge in [0.1, 0.15) is 12.2 Å². The fourth-order valence-corrected chi connectivity index (χ4v) is 3.39. The molecule has 0 aliphatic carbocycles. The number of aryl methyl sites for hydroxylation is 1. The van der Waals surface area contributed by atoms with Crippen LogP contribution < -0.4 is 10.6 Å². The highest BCUT2D eigenvalue weighted by Gasteiger charge is 2.24. The van der Waals surface area contributed by atoms with E-state index in [1.165, 1.54) is 0 Å². The molecule has 1 fully saturated rings. The number of nitrogens with one attached hydrogen (secondary N) is 2. The maximum Gasteiger partial charge on any atom is 0.191 e. The van der Waals surface area contributed by atoms with Gasteiger partial charge in [0.25, 0.3) is 0 Å². The van der Waals surface area contributed by atoms with Crippen LogP contribution in [0.5, 0.6) is 0 Å². The van der Waals surface area contributed by atoms with E-state index in [1.54, 1.807) is 18.1 Å². The summed E-state index contributed by atoms with van der Waals surface area (Å²) in [7, 11) is 3.62. The van der Waals surface area contributed by atoms with E-state index in [4.69, 9.17) is 16.3 Å². The van der Waals surface area contributed by atoms with Crippen molar-refractivity contribution in [2.75, 3.05) is 39.9 Å². The number of aliphatic imine (C=N–C) groups is 1. The molecule has 0 amide bonds. The summed E-state index contributed by atoms with van der Waals surface area (Å²) in [5, 5.41) is 11.5. The number of aromatic nitrogens is 3. The molecular formula is C18H26ClN7O. The quantitative estimate of drug-likeness (QED) is 0.569. The van der Waals surface area contributed by atoms with Gasteiger partial charge < -0.3 is 15.4 Å². The summed E-state index contributed by atoms with van der Waals surface area (Å²) in [5.74, 6) is 1.55. The van der Waals surface area contributed by atoms with E-state index < -0.39 is 0 Å². The van der Waals surface area contributed by atoms with Gasteiger partial charge in [-0.05, 0) is 11.6 Å². The number of rotatable bonds is 6. The van der Waals surface area contributed by atoms with Crippen LogP contribution in [0.3, 0.4) is 0 Å². The number of morpholine rings is 1. The van der Waals surface area contributed by atoms with Gasteiger partial charge in [0.05, 0.1) is 25.8 Å². The Labute approximate surface area is 164 Å². The highest BCUT2D eigenvalue weighted by molar-refractivity contribution is 6.31. The van der Waals surface area contributed by atoms with Crippen LogP contribution in [0.2, 0.25) is 5.02 Å². The van der Waals surface area contributed by atoms with Gasteiger partial charge in [-0.3, -0.25) is 14.6 Å². The number of nitrogens with zero attached hydrogens (tertiary/aromatic N) is 5. The van der Waals surface area contributed by atoms with Gasteiger partial charge in [0, 0.05) is 38.8 Å². The number of hydrogen-bond donors (Lipinski definition) is 2. The predicted octanol–water partition coefficient (Wildman–Crippen LogP) is 1.21. The first kappa shape index (κ1) is 19.6. The summed E-state index contributed by atoms with van der Waals surface area (Å²) >= 11 is 6.48. The topological polar surface area (TPSA) is 79.6 Å². The van der Waals surface area contributed by atoms with Gasteiger partial charge in [-0.25, -0.2) is 4.98 Å². The minimum Gasteiger partial charge on any atom is -0.379 e. The molecule has 1 aliphatic rings. The van der Waals surface area contributed by atoms with E-state index >= 15 is 0 Å². The third-order valence-corrected chi connectivity index (χ3v) is 5.00. The highest BCUT2D eigenvalue weighted by atomic mass is 35.5. The molecule has 0 spiro atoms. The smallest absolute Gasteiger partial charge is 0.191 e. The van der Waals surface area contributed by atoms with Gasteiger partial charge in [-0.1, -0.05) is 29.8 Å². The molecule has 146 valence electrons. The molecule has 8 nitrogen and oxygen atoms in total. The molecule has 1 atom stereocenters. The van der Waals surface area contributed by atoms with Crippen molar-refractivity contribution >= 4 is 17.6 Å². The molecule has 2 heterocycles. The minimum absolute atomic E-state index is 0.135. The average molecular weight is 392 g/mol. The molecule has 0 saturated carbocycles. The van der Waals surface area contributed by atoms with Crippen LogP contribution in [-0.2, 0) is 18.3 Å². The molecule has 0 bridgehead atoms. The molecule has 1 aromatic carbocycles. The normalized spacial score (nSPS) is 16.9. The number of guanidine groups is 1. The second-order valence-electron chi connectivity index (χ2n) is 6.29. The standard InChI is InChI=1S/C18H26ClN7O/c1-20-18(22-12-17-23-13-24-25(17)2)21-11-16(26-7-9-27-10-8-26)14-5-3-4-6-15(14)19/h3-6,13,16H,7-12H2,1-2H3,(H2,20,21,22). The van der Waals surface area contributed by atoms with Crippen LogP contribution >= 0.6 is 11.6 Å². The maximum atomic E-state index is 6.48. The van der Waals surface area contributed by atoms with Crippen molar-refractivity contribution in [2.24, 2.45) is 12.0 Å². The van der Waals surface area contributed by atoms with Crippen LogP contribution in [0.15, 0.2) is 35.6 Å². The van der Waals surface area contributed by atoms with Crippen LogP contribution in [0.1, 0.15) is 17.4 Å². The lowest BCUT2D eigenvalue weighted by Crippen LogP contribution is -2.46. The van der Waals surface area contributed by atoms with E-state index in [0.717, 1.165) is 42.7 Å². The monoisotopic (exact) mass is 391 g/mol. The molecular weight excluding hydrogens is 366 g/mol. The molecule has 1 saturated heterocycles. The molecule has 2 N–H and O–H groups in total. The molecule has 3 rings (SSSR count). The van der Waals surface area contributed by atoms with Crippen molar-refractivity contribution in [3.63, 3.8) is 0 Å². The largest absolute Gasteiger partial charge is 0.379 e. The lowest BCUT2D eigenvalue weighted by atomic mass is 10.0. The summed E-state index contributed by atoms with van der Waals surface area (Å²) < 4.78 is 7.24. The van der Waals surface area contributed by atoms with E-state index in [1.807, 2.05) is 25.2 Å². The summed E-state index contributed by atoms with van der Waals surface area (Å²) in [6, 6.07) is 8.13. The van der Waals surface area contributed by atoms with Gasteiger partial charge >= 0.3 is 0 Å². The zero-order valence-corrected chi connectivity index (χ0v) is 16.5. The Balaban J connectivity index is 1.66. The van der Waals surface area contributed by atoms with Gasteiger partial charge in [0.2, 0.25) is 0 Å². The van der Waals surface area contributed by atoms with E-state index in [9.17, 15) is 0 Å². The maximum absolute atomic E-state index is 6.48. The Morgan fingerprint density at radius 2 is 2.07 bits per heavy atom. The SMILES string of the molecule is CN=C(NCc1ncnn1C)NCC(c1ccccc1Cl)N1CCOCC1. The first-order valence-electron chi connectivity index (χ1n) is 9.02. The Bertz CT molecular complexity index is 758. The molecule has 1 aromatic heterocycles. The third kappa shape index (κ3) is 5.18.